The van der Waals surface area contributed by atoms with E-state index in [1.807, 2.05) is 7.05 Å². The van der Waals surface area contributed by atoms with E-state index in [-0.39, 0.29) is 0 Å². The fourth-order valence-electron chi connectivity index (χ4n) is 2.38. The fraction of sp³-hybridized carbons (Fsp3) is 0.571. The molecule has 0 spiro atoms. The molecule has 0 bridgehead atoms. The van der Waals surface area contributed by atoms with E-state index in [4.69, 9.17) is 11.6 Å². The number of halogens is 1. The quantitative estimate of drug-likeness (QED) is 0.832. The zero-order valence-electron chi connectivity index (χ0n) is 10.1. The van der Waals surface area contributed by atoms with Crippen molar-refractivity contribution in [3.8, 4) is 0 Å². The van der Waals surface area contributed by atoms with Gasteiger partial charge in [0.05, 0.1) is 0 Å². The van der Waals surface area contributed by atoms with Crippen molar-refractivity contribution >= 4 is 11.6 Å². The van der Waals surface area contributed by atoms with Gasteiger partial charge >= 0.3 is 0 Å². The van der Waals surface area contributed by atoms with Gasteiger partial charge in [0.1, 0.15) is 0 Å². The van der Waals surface area contributed by atoms with Gasteiger partial charge in [-0.25, -0.2) is 0 Å². The molecule has 1 unspecified atom stereocenters. The van der Waals surface area contributed by atoms with E-state index in [2.05, 4.69) is 30.4 Å². The Labute approximate surface area is 103 Å². The van der Waals surface area contributed by atoms with Gasteiger partial charge in [0.15, 0.2) is 0 Å². The third-order valence-corrected chi connectivity index (χ3v) is 4.00. The molecule has 16 heavy (non-hydrogen) atoms. The van der Waals surface area contributed by atoms with Gasteiger partial charge in [-0.3, -0.25) is 0 Å². The van der Waals surface area contributed by atoms with Gasteiger partial charge in [-0.1, -0.05) is 43.0 Å². The van der Waals surface area contributed by atoms with E-state index < -0.39 is 0 Å². The molecule has 1 saturated carbocycles. The van der Waals surface area contributed by atoms with Crippen LogP contribution in [0, 0.1) is 12.8 Å². The molecule has 0 heterocycles. The molecule has 1 aromatic carbocycles. The summed E-state index contributed by atoms with van der Waals surface area (Å²) in [6.07, 6.45) is 5.41. The van der Waals surface area contributed by atoms with Gasteiger partial charge in [0, 0.05) is 11.1 Å². The largest absolute Gasteiger partial charge is 0.313 e. The number of hydrogen-bond donors (Lipinski definition) is 1. The number of aryl methyl sites for hydroxylation is 1. The fourth-order valence-corrected chi connectivity index (χ4v) is 2.74. The van der Waals surface area contributed by atoms with Crippen LogP contribution >= 0.6 is 11.6 Å². The molecule has 1 nitrogen and oxygen atoms in total. The summed E-state index contributed by atoms with van der Waals surface area (Å²) < 4.78 is 0. The van der Waals surface area contributed by atoms with Crippen molar-refractivity contribution in [2.45, 2.75) is 38.6 Å². The van der Waals surface area contributed by atoms with Crippen LogP contribution < -0.4 is 5.32 Å². The molecule has 0 saturated heterocycles. The molecule has 1 fully saturated rings. The van der Waals surface area contributed by atoms with Crippen LogP contribution in [0.2, 0.25) is 5.02 Å². The van der Waals surface area contributed by atoms with Gasteiger partial charge in [0.25, 0.3) is 0 Å². The van der Waals surface area contributed by atoms with Crippen molar-refractivity contribution in [3.63, 3.8) is 0 Å². The Kier molecular flexibility index (Phi) is 3.88. The van der Waals surface area contributed by atoms with Crippen LogP contribution in [0.5, 0.6) is 0 Å². The molecule has 88 valence electrons. The predicted molar refractivity (Wildman–Crippen MR) is 69.9 cm³/mol. The molecular formula is C14H20ClN. The lowest BCUT2D eigenvalue weighted by Crippen LogP contribution is -2.23. The lowest BCUT2D eigenvalue weighted by atomic mass is 9.79. The van der Waals surface area contributed by atoms with E-state index in [0.29, 0.717) is 6.04 Å². The van der Waals surface area contributed by atoms with Gasteiger partial charge in [-0.05, 0) is 43.5 Å². The lowest BCUT2D eigenvalue weighted by Gasteiger charge is -2.30. The first-order valence-electron chi connectivity index (χ1n) is 6.14. The first kappa shape index (κ1) is 11.9. The molecule has 1 atom stereocenters. The predicted octanol–water partition coefficient (Wildman–Crippen LogP) is 4.10. The molecule has 1 aliphatic rings. The maximum atomic E-state index is 6.31. The van der Waals surface area contributed by atoms with Gasteiger partial charge in [-0.15, -0.1) is 0 Å². The third-order valence-electron chi connectivity index (χ3n) is 3.67. The molecule has 2 heteroatoms. The minimum Gasteiger partial charge on any atom is -0.313 e. The van der Waals surface area contributed by atoms with Crippen LogP contribution in [0.3, 0.4) is 0 Å². The second-order valence-electron chi connectivity index (χ2n) is 4.90. The van der Waals surface area contributed by atoms with E-state index in [1.165, 1.54) is 36.8 Å². The second kappa shape index (κ2) is 5.20. The first-order valence-corrected chi connectivity index (χ1v) is 6.52. The highest BCUT2D eigenvalue weighted by molar-refractivity contribution is 6.31. The standard InChI is InChI=1S/C14H20ClN/c1-10-6-7-12(13(15)8-10)14(16-2)9-11-4-3-5-11/h6-8,11,14,16H,3-5,9H2,1-2H3. The average Bonchev–Trinajstić information content (AvgIpc) is 2.18. The SMILES string of the molecule is CNC(CC1CCC1)c1ccc(C)cc1Cl. The molecule has 0 aromatic heterocycles. The minimum atomic E-state index is 0.415. The van der Waals surface area contributed by atoms with Crippen molar-refractivity contribution < 1.29 is 0 Å². The second-order valence-corrected chi connectivity index (χ2v) is 5.31. The van der Waals surface area contributed by atoms with E-state index in [1.54, 1.807) is 0 Å². The van der Waals surface area contributed by atoms with Crippen LogP contribution in [0.15, 0.2) is 18.2 Å². The van der Waals surface area contributed by atoms with Crippen LogP contribution in [0.4, 0.5) is 0 Å². The van der Waals surface area contributed by atoms with E-state index in [9.17, 15) is 0 Å². The zero-order valence-corrected chi connectivity index (χ0v) is 10.8. The minimum absolute atomic E-state index is 0.415. The molecule has 1 aromatic rings. The van der Waals surface area contributed by atoms with E-state index in [0.717, 1.165) is 10.9 Å². The zero-order chi connectivity index (χ0) is 11.5. The summed E-state index contributed by atoms with van der Waals surface area (Å²) in [6, 6.07) is 6.78. The lowest BCUT2D eigenvalue weighted by molar-refractivity contribution is 0.266. The molecule has 1 aliphatic carbocycles. The Bertz CT molecular complexity index is 358. The van der Waals surface area contributed by atoms with Crippen molar-refractivity contribution in [2.75, 3.05) is 7.05 Å². The number of nitrogens with one attached hydrogen (secondary N) is 1. The molecule has 0 amide bonds. The maximum Gasteiger partial charge on any atom is 0.0456 e. The van der Waals surface area contributed by atoms with Gasteiger partial charge < -0.3 is 5.32 Å². The highest BCUT2D eigenvalue weighted by Crippen LogP contribution is 2.36. The summed E-state index contributed by atoms with van der Waals surface area (Å²) in [7, 11) is 2.03. The highest BCUT2D eigenvalue weighted by atomic mass is 35.5. The highest BCUT2D eigenvalue weighted by Gasteiger charge is 2.23. The Morgan fingerprint density at radius 3 is 2.69 bits per heavy atom. The van der Waals surface area contributed by atoms with Crippen molar-refractivity contribution in [1.29, 1.82) is 0 Å². The Morgan fingerprint density at radius 1 is 1.44 bits per heavy atom. The van der Waals surface area contributed by atoms with Crippen LogP contribution in [0.1, 0.15) is 42.9 Å². The summed E-state index contributed by atoms with van der Waals surface area (Å²) in [4.78, 5) is 0. The normalized spacial score (nSPS) is 18.2. The summed E-state index contributed by atoms with van der Waals surface area (Å²) in [5.41, 5.74) is 2.48. The molecule has 1 N–H and O–H groups in total. The van der Waals surface area contributed by atoms with Gasteiger partial charge in [-0.2, -0.15) is 0 Å². The molecule has 0 radical (unpaired) electrons. The average molecular weight is 238 g/mol. The van der Waals surface area contributed by atoms with Crippen LogP contribution in [-0.2, 0) is 0 Å². The number of rotatable bonds is 4. The number of hydrogen-bond acceptors (Lipinski definition) is 1. The maximum absolute atomic E-state index is 6.31. The van der Waals surface area contributed by atoms with Crippen molar-refractivity contribution in [3.05, 3.63) is 34.3 Å². The summed E-state index contributed by atoms with van der Waals surface area (Å²) >= 11 is 6.31. The van der Waals surface area contributed by atoms with E-state index >= 15 is 0 Å². The summed E-state index contributed by atoms with van der Waals surface area (Å²) in [5, 5.41) is 4.29. The number of benzene rings is 1. The van der Waals surface area contributed by atoms with Crippen LogP contribution in [0.25, 0.3) is 0 Å². The van der Waals surface area contributed by atoms with Crippen LogP contribution in [-0.4, -0.2) is 7.05 Å². The Hall–Kier alpha value is -0.530. The third kappa shape index (κ3) is 2.58. The van der Waals surface area contributed by atoms with Crippen molar-refractivity contribution in [1.82, 2.24) is 5.32 Å². The van der Waals surface area contributed by atoms with Gasteiger partial charge in [0.2, 0.25) is 0 Å². The smallest absolute Gasteiger partial charge is 0.0456 e. The molecule has 2 rings (SSSR count). The molecular weight excluding hydrogens is 218 g/mol. The summed E-state index contributed by atoms with van der Waals surface area (Å²) in [6.45, 7) is 2.08. The topological polar surface area (TPSA) is 12.0 Å². The first-order chi connectivity index (χ1) is 7.70. The summed E-state index contributed by atoms with van der Waals surface area (Å²) in [5.74, 6) is 0.898. The Morgan fingerprint density at radius 2 is 2.19 bits per heavy atom. The van der Waals surface area contributed by atoms with Crippen molar-refractivity contribution in [2.24, 2.45) is 5.92 Å². The molecule has 0 aliphatic heterocycles. The monoisotopic (exact) mass is 237 g/mol. The Balaban J connectivity index is 2.11.